The molecule has 1 unspecified atom stereocenters. The minimum atomic E-state index is -0.359. The number of carbonyl (C=O) groups is 1. The third-order valence-electron chi connectivity index (χ3n) is 2.55. The number of rotatable bonds is 5. The summed E-state index contributed by atoms with van der Waals surface area (Å²) >= 11 is 0. The van der Waals surface area contributed by atoms with Crippen LogP contribution in [0.25, 0.3) is 0 Å². The fourth-order valence-electron chi connectivity index (χ4n) is 1.52. The zero-order valence-corrected chi connectivity index (χ0v) is 9.49. The Labute approximate surface area is 91.5 Å². The Morgan fingerprint density at radius 2 is 1.87 bits per heavy atom. The molecular formula is C13H19NO. The van der Waals surface area contributed by atoms with Crippen molar-refractivity contribution in [3.63, 3.8) is 0 Å². The number of hydrogen-bond donors (Lipinski definition) is 1. The molecule has 0 amide bonds. The van der Waals surface area contributed by atoms with Crippen molar-refractivity contribution in [1.29, 1.82) is 0 Å². The second-order valence-electron chi connectivity index (χ2n) is 3.83. The molecule has 2 nitrogen and oxygen atoms in total. The summed E-state index contributed by atoms with van der Waals surface area (Å²) in [4.78, 5) is 11.7. The van der Waals surface area contributed by atoms with Crippen LogP contribution in [0.5, 0.6) is 0 Å². The quantitative estimate of drug-likeness (QED) is 0.751. The zero-order valence-electron chi connectivity index (χ0n) is 9.49. The van der Waals surface area contributed by atoms with Crippen LogP contribution in [0.1, 0.15) is 42.6 Å². The SMILES string of the molecule is CCCc1ccc(C(=O)C(N)CC)cc1. The molecule has 2 heteroatoms. The summed E-state index contributed by atoms with van der Waals surface area (Å²) in [5, 5.41) is 0. The van der Waals surface area contributed by atoms with Crippen LogP contribution in [-0.2, 0) is 6.42 Å². The second kappa shape index (κ2) is 5.66. The molecule has 1 rings (SSSR count). The van der Waals surface area contributed by atoms with Crippen LogP contribution in [0, 0.1) is 0 Å². The first-order chi connectivity index (χ1) is 7.19. The van der Waals surface area contributed by atoms with E-state index in [-0.39, 0.29) is 11.8 Å². The first-order valence-electron chi connectivity index (χ1n) is 5.57. The predicted octanol–water partition coefficient (Wildman–Crippen LogP) is 2.56. The monoisotopic (exact) mass is 205 g/mol. The number of aryl methyl sites for hydroxylation is 1. The van der Waals surface area contributed by atoms with Crippen LogP contribution < -0.4 is 5.73 Å². The summed E-state index contributed by atoms with van der Waals surface area (Å²) < 4.78 is 0. The van der Waals surface area contributed by atoms with Gasteiger partial charge in [0.25, 0.3) is 0 Å². The Kier molecular flexibility index (Phi) is 4.50. The van der Waals surface area contributed by atoms with E-state index >= 15 is 0 Å². The maximum Gasteiger partial charge on any atom is 0.179 e. The maximum atomic E-state index is 11.7. The van der Waals surface area contributed by atoms with Crippen molar-refractivity contribution >= 4 is 5.78 Å². The van der Waals surface area contributed by atoms with Crippen molar-refractivity contribution in [2.75, 3.05) is 0 Å². The van der Waals surface area contributed by atoms with Crippen LogP contribution >= 0.6 is 0 Å². The van der Waals surface area contributed by atoms with E-state index in [9.17, 15) is 4.79 Å². The summed E-state index contributed by atoms with van der Waals surface area (Å²) in [7, 11) is 0. The van der Waals surface area contributed by atoms with Gasteiger partial charge in [0.15, 0.2) is 5.78 Å². The van der Waals surface area contributed by atoms with Gasteiger partial charge in [0.2, 0.25) is 0 Å². The normalized spacial score (nSPS) is 12.5. The first-order valence-corrected chi connectivity index (χ1v) is 5.57. The van der Waals surface area contributed by atoms with Gasteiger partial charge >= 0.3 is 0 Å². The van der Waals surface area contributed by atoms with Gasteiger partial charge in [0.05, 0.1) is 6.04 Å². The molecule has 1 aromatic rings. The fourth-order valence-corrected chi connectivity index (χ4v) is 1.52. The number of Topliss-reactive ketones (excluding diaryl/α,β-unsaturated/α-hetero) is 1. The average Bonchev–Trinajstić information content (AvgIpc) is 2.28. The van der Waals surface area contributed by atoms with Gasteiger partial charge in [-0.1, -0.05) is 44.5 Å². The lowest BCUT2D eigenvalue weighted by atomic mass is 10.0. The van der Waals surface area contributed by atoms with Gasteiger partial charge < -0.3 is 5.73 Å². The Morgan fingerprint density at radius 3 is 2.33 bits per heavy atom. The molecule has 0 spiro atoms. The molecule has 0 aliphatic heterocycles. The molecule has 0 radical (unpaired) electrons. The summed E-state index contributed by atoms with van der Waals surface area (Å²) in [5.41, 5.74) is 7.70. The topological polar surface area (TPSA) is 43.1 Å². The van der Waals surface area contributed by atoms with E-state index in [0.717, 1.165) is 18.4 Å². The van der Waals surface area contributed by atoms with Crippen LogP contribution in [0.2, 0.25) is 0 Å². The Hall–Kier alpha value is -1.15. The molecule has 2 N–H and O–H groups in total. The van der Waals surface area contributed by atoms with E-state index in [0.29, 0.717) is 6.42 Å². The van der Waals surface area contributed by atoms with Gasteiger partial charge in [-0.3, -0.25) is 4.79 Å². The molecule has 82 valence electrons. The van der Waals surface area contributed by atoms with Crippen molar-refractivity contribution in [1.82, 2.24) is 0 Å². The maximum absolute atomic E-state index is 11.7. The minimum Gasteiger partial charge on any atom is -0.321 e. The Morgan fingerprint density at radius 1 is 1.27 bits per heavy atom. The van der Waals surface area contributed by atoms with E-state index in [1.807, 2.05) is 31.2 Å². The highest BCUT2D eigenvalue weighted by atomic mass is 16.1. The first kappa shape index (κ1) is 11.9. The molecule has 0 aromatic heterocycles. The second-order valence-corrected chi connectivity index (χ2v) is 3.83. The van der Waals surface area contributed by atoms with Crippen molar-refractivity contribution in [2.45, 2.75) is 39.2 Å². The number of hydrogen-bond acceptors (Lipinski definition) is 2. The van der Waals surface area contributed by atoms with Crippen LogP contribution in [0.15, 0.2) is 24.3 Å². The molecule has 0 saturated heterocycles. The largest absolute Gasteiger partial charge is 0.321 e. The molecule has 0 aliphatic carbocycles. The van der Waals surface area contributed by atoms with Gasteiger partial charge in [-0.15, -0.1) is 0 Å². The summed E-state index contributed by atoms with van der Waals surface area (Å²) in [5.74, 6) is 0.0422. The Balaban J connectivity index is 2.75. The lowest BCUT2D eigenvalue weighted by molar-refractivity contribution is 0.0959. The highest BCUT2D eigenvalue weighted by molar-refractivity contribution is 5.99. The van der Waals surface area contributed by atoms with E-state index in [4.69, 9.17) is 5.73 Å². The van der Waals surface area contributed by atoms with Crippen LogP contribution in [0.4, 0.5) is 0 Å². The predicted molar refractivity (Wildman–Crippen MR) is 63.0 cm³/mol. The van der Waals surface area contributed by atoms with Gasteiger partial charge in [-0.05, 0) is 18.4 Å². The molecule has 0 saturated carbocycles. The molecule has 15 heavy (non-hydrogen) atoms. The van der Waals surface area contributed by atoms with Crippen LogP contribution in [-0.4, -0.2) is 11.8 Å². The average molecular weight is 205 g/mol. The van der Waals surface area contributed by atoms with Gasteiger partial charge in [-0.2, -0.15) is 0 Å². The number of nitrogens with two attached hydrogens (primary N) is 1. The van der Waals surface area contributed by atoms with Gasteiger partial charge in [-0.25, -0.2) is 0 Å². The summed E-state index contributed by atoms with van der Waals surface area (Å²) in [6.07, 6.45) is 2.88. The summed E-state index contributed by atoms with van der Waals surface area (Å²) in [6, 6.07) is 7.42. The zero-order chi connectivity index (χ0) is 11.3. The van der Waals surface area contributed by atoms with E-state index in [1.165, 1.54) is 5.56 Å². The van der Waals surface area contributed by atoms with Crippen molar-refractivity contribution < 1.29 is 4.79 Å². The molecule has 1 atom stereocenters. The highest BCUT2D eigenvalue weighted by Gasteiger charge is 2.12. The number of benzene rings is 1. The molecule has 0 fully saturated rings. The molecule has 0 heterocycles. The van der Waals surface area contributed by atoms with Gasteiger partial charge in [0.1, 0.15) is 0 Å². The smallest absolute Gasteiger partial charge is 0.179 e. The standard InChI is InChI=1S/C13H19NO/c1-3-5-10-6-8-11(9-7-10)13(15)12(14)4-2/h6-9,12H,3-5,14H2,1-2H3. The third-order valence-corrected chi connectivity index (χ3v) is 2.55. The third kappa shape index (κ3) is 3.17. The lowest BCUT2D eigenvalue weighted by Gasteiger charge is -2.08. The fraction of sp³-hybridized carbons (Fsp3) is 0.462. The summed E-state index contributed by atoms with van der Waals surface area (Å²) in [6.45, 7) is 4.07. The van der Waals surface area contributed by atoms with Crippen molar-refractivity contribution in [3.05, 3.63) is 35.4 Å². The Bertz CT molecular complexity index is 316. The van der Waals surface area contributed by atoms with Crippen LogP contribution in [0.3, 0.4) is 0 Å². The van der Waals surface area contributed by atoms with Crippen molar-refractivity contribution in [2.24, 2.45) is 5.73 Å². The number of ketones is 1. The molecular weight excluding hydrogens is 186 g/mol. The molecule has 1 aromatic carbocycles. The van der Waals surface area contributed by atoms with E-state index < -0.39 is 0 Å². The van der Waals surface area contributed by atoms with Crippen molar-refractivity contribution in [3.8, 4) is 0 Å². The number of carbonyl (C=O) groups excluding carboxylic acids is 1. The van der Waals surface area contributed by atoms with Gasteiger partial charge in [0, 0.05) is 5.56 Å². The van der Waals surface area contributed by atoms with E-state index in [2.05, 4.69) is 6.92 Å². The lowest BCUT2D eigenvalue weighted by Crippen LogP contribution is -2.29. The molecule has 0 bridgehead atoms. The van der Waals surface area contributed by atoms with E-state index in [1.54, 1.807) is 0 Å². The highest BCUT2D eigenvalue weighted by Crippen LogP contribution is 2.09. The minimum absolute atomic E-state index is 0.0422. The molecule has 0 aliphatic rings.